The summed E-state index contributed by atoms with van der Waals surface area (Å²) in [6.45, 7) is 1.96. The van der Waals surface area contributed by atoms with Crippen LogP contribution < -0.4 is 5.32 Å². The average molecular weight is 259 g/mol. The number of hydrogen-bond donors (Lipinski definition) is 1. The van der Waals surface area contributed by atoms with E-state index in [0.29, 0.717) is 23.0 Å². The van der Waals surface area contributed by atoms with Gasteiger partial charge in [0.2, 0.25) is 0 Å². The number of anilines is 1. The SMILES string of the molecule is CCCC1=NS(=O)(=O)c2ccc(Cl)cc2N1. The first-order valence-electron chi connectivity index (χ1n) is 4.93. The van der Waals surface area contributed by atoms with Gasteiger partial charge < -0.3 is 5.32 Å². The van der Waals surface area contributed by atoms with Gasteiger partial charge in [0.25, 0.3) is 10.0 Å². The average Bonchev–Trinajstić information content (AvgIpc) is 2.15. The van der Waals surface area contributed by atoms with Crippen LogP contribution in [0, 0.1) is 0 Å². The minimum atomic E-state index is -3.56. The first-order chi connectivity index (χ1) is 7.53. The zero-order chi connectivity index (χ0) is 11.8. The number of nitrogens with zero attached hydrogens (tertiary/aromatic N) is 1. The monoisotopic (exact) mass is 258 g/mol. The molecular weight excluding hydrogens is 248 g/mol. The number of nitrogens with one attached hydrogen (secondary N) is 1. The van der Waals surface area contributed by atoms with E-state index >= 15 is 0 Å². The van der Waals surface area contributed by atoms with Crippen LogP contribution in [0.4, 0.5) is 5.69 Å². The molecule has 0 aliphatic carbocycles. The van der Waals surface area contributed by atoms with E-state index in [1.807, 2.05) is 6.92 Å². The maximum absolute atomic E-state index is 11.8. The van der Waals surface area contributed by atoms with Gasteiger partial charge in [-0.15, -0.1) is 4.40 Å². The lowest BCUT2D eigenvalue weighted by Crippen LogP contribution is -2.21. The van der Waals surface area contributed by atoms with Gasteiger partial charge in [-0.05, 0) is 24.6 Å². The van der Waals surface area contributed by atoms with Crippen LogP contribution >= 0.6 is 11.6 Å². The van der Waals surface area contributed by atoms with Gasteiger partial charge in [0.05, 0.1) is 5.69 Å². The zero-order valence-corrected chi connectivity index (χ0v) is 10.3. The molecule has 0 spiro atoms. The maximum atomic E-state index is 11.8. The van der Waals surface area contributed by atoms with Gasteiger partial charge in [-0.1, -0.05) is 18.5 Å². The Labute approximate surface area is 99.4 Å². The molecule has 0 amide bonds. The summed E-state index contributed by atoms with van der Waals surface area (Å²) in [6.07, 6.45) is 1.43. The second kappa shape index (κ2) is 4.07. The summed E-state index contributed by atoms with van der Waals surface area (Å²) in [5.41, 5.74) is 0.506. The maximum Gasteiger partial charge on any atom is 0.286 e. The summed E-state index contributed by atoms with van der Waals surface area (Å²) in [6, 6.07) is 4.60. The molecular formula is C10H11ClN2O2S. The van der Waals surface area contributed by atoms with Crippen LogP contribution in [0.1, 0.15) is 19.8 Å². The molecule has 0 bridgehead atoms. The molecule has 16 heavy (non-hydrogen) atoms. The van der Waals surface area contributed by atoms with Gasteiger partial charge in [0.1, 0.15) is 10.7 Å². The highest BCUT2D eigenvalue weighted by Gasteiger charge is 2.24. The van der Waals surface area contributed by atoms with E-state index in [-0.39, 0.29) is 4.90 Å². The Morgan fingerprint density at radius 1 is 1.44 bits per heavy atom. The van der Waals surface area contributed by atoms with Crippen molar-refractivity contribution in [3.8, 4) is 0 Å². The number of rotatable bonds is 2. The zero-order valence-electron chi connectivity index (χ0n) is 8.70. The van der Waals surface area contributed by atoms with Crippen LogP contribution in [-0.2, 0) is 10.0 Å². The van der Waals surface area contributed by atoms with Crippen molar-refractivity contribution in [3.05, 3.63) is 23.2 Å². The third-order valence-corrected chi connectivity index (χ3v) is 3.82. The molecule has 0 atom stereocenters. The van der Waals surface area contributed by atoms with Crippen LogP contribution in [0.2, 0.25) is 5.02 Å². The summed E-state index contributed by atoms with van der Waals surface area (Å²) in [4.78, 5) is 0.178. The molecule has 0 fully saturated rings. The van der Waals surface area contributed by atoms with Gasteiger partial charge in [-0.25, -0.2) is 0 Å². The van der Waals surface area contributed by atoms with Crippen molar-refractivity contribution >= 4 is 33.1 Å². The van der Waals surface area contributed by atoms with E-state index in [9.17, 15) is 8.42 Å². The largest absolute Gasteiger partial charge is 0.342 e. The molecule has 1 aromatic carbocycles. The van der Waals surface area contributed by atoms with Crippen molar-refractivity contribution in [1.82, 2.24) is 0 Å². The number of benzene rings is 1. The first-order valence-corrected chi connectivity index (χ1v) is 6.75. The highest BCUT2D eigenvalue weighted by atomic mass is 35.5. The number of fused-ring (bicyclic) bond motifs is 1. The second-order valence-corrected chi connectivity index (χ2v) is 5.54. The number of sulfonamides is 1. The van der Waals surface area contributed by atoms with Gasteiger partial charge in [0.15, 0.2) is 0 Å². The molecule has 1 aliphatic rings. The molecule has 1 aliphatic heterocycles. The summed E-state index contributed by atoms with van der Waals surface area (Å²) >= 11 is 5.82. The molecule has 4 nitrogen and oxygen atoms in total. The van der Waals surface area contributed by atoms with Gasteiger partial charge in [0, 0.05) is 11.4 Å². The van der Waals surface area contributed by atoms with Crippen molar-refractivity contribution in [3.63, 3.8) is 0 Å². The lowest BCUT2D eigenvalue weighted by atomic mass is 10.2. The summed E-state index contributed by atoms with van der Waals surface area (Å²) in [5, 5.41) is 3.48. The molecule has 6 heteroatoms. The minimum absolute atomic E-state index is 0.178. The number of halogens is 1. The molecule has 2 rings (SSSR count). The van der Waals surface area contributed by atoms with Crippen molar-refractivity contribution in [2.24, 2.45) is 4.40 Å². The van der Waals surface area contributed by atoms with E-state index in [2.05, 4.69) is 9.71 Å². The highest BCUT2D eigenvalue weighted by Crippen LogP contribution is 2.30. The van der Waals surface area contributed by atoms with E-state index < -0.39 is 10.0 Å². The third-order valence-electron chi connectivity index (χ3n) is 2.22. The Balaban J connectivity index is 2.52. The van der Waals surface area contributed by atoms with Crippen molar-refractivity contribution in [2.75, 3.05) is 5.32 Å². The molecule has 0 unspecified atom stereocenters. The van der Waals surface area contributed by atoms with E-state index in [1.54, 1.807) is 12.1 Å². The van der Waals surface area contributed by atoms with Crippen LogP contribution in [0.5, 0.6) is 0 Å². The second-order valence-electron chi connectivity index (χ2n) is 3.53. The molecule has 0 radical (unpaired) electrons. The van der Waals surface area contributed by atoms with Crippen LogP contribution in [-0.4, -0.2) is 14.3 Å². The van der Waals surface area contributed by atoms with Crippen molar-refractivity contribution < 1.29 is 8.42 Å². The number of amidine groups is 1. The van der Waals surface area contributed by atoms with E-state index in [1.165, 1.54) is 6.07 Å². The first kappa shape index (κ1) is 11.4. The predicted octanol–water partition coefficient (Wildman–Crippen LogP) is 2.65. The van der Waals surface area contributed by atoms with Crippen molar-refractivity contribution in [1.29, 1.82) is 0 Å². The lowest BCUT2D eigenvalue weighted by molar-refractivity contribution is 0.597. The molecule has 0 saturated heterocycles. The molecule has 1 heterocycles. The Morgan fingerprint density at radius 2 is 2.19 bits per heavy atom. The Kier molecular flexibility index (Phi) is 2.90. The topological polar surface area (TPSA) is 58.5 Å². The molecule has 1 N–H and O–H groups in total. The van der Waals surface area contributed by atoms with Gasteiger partial charge in [-0.2, -0.15) is 8.42 Å². The van der Waals surface area contributed by atoms with Gasteiger partial charge >= 0.3 is 0 Å². The molecule has 86 valence electrons. The highest BCUT2D eigenvalue weighted by molar-refractivity contribution is 7.90. The molecule has 0 saturated carbocycles. The number of hydrogen-bond acceptors (Lipinski definition) is 3. The smallest absolute Gasteiger partial charge is 0.286 e. The van der Waals surface area contributed by atoms with Crippen molar-refractivity contribution in [2.45, 2.75) is 24.7 Å². The fourth-order valence-corrected chi connectivity index (χ4v) is 2.87. The van der Waals surface area contributed by atoms with Crippen LogP contribution in [0.3, 0.4) is 0 Å². The van der Waals surface area contributed by atoms with Crippen LogP contribution in [0.15, 0.2) is 27.5 Å². The predicted molar refractivity (Wildman–Crippen MR) is 64.6 cm³/mol. The minimum Gasteiger partial charge on any atom is -0.342 e. The molecule has 1 aromatic rings. The Hall–Kier alpha value is -1.07. The normalized spacial score (nSPS) is 17.2. The summed E-state index contributed by atoms with van der Waals surface area (Å²) < 4.78 is 27.3. The fourth-order valence-electron chi connectivity index (χ4n) is 1.54. The van der Waals surface area contributed by atoms with E-state index in [4.69, 9.17) is 11.6 Å². The third kappa shape index (κ3) is 2.05. The lowest BCUT2D eigenvalue weighted by Gasteiger charge is -2.17. The fraction of sp³-hybridized carbons (Fsp3) is 0.300. The van der Waals surface area contributed by atoms with Crippen LogP contribution in [0.25, 0.3) is 0 Å². The summed E-state index contributed by atoms with van der Waals surface area (Å²) in [7, 11) is -3.56. The Bertz CT molecular complexity index is 552. The molecule has 0 aromatic heterocycles. The summed E-state index contributed by atoms with van der Waals surface area (Å²) in [5.74, 6) is 0.470. The van der Waals surface area contributed by atoms with Gasteiger partial charge in [-0.3, -0.25) is 0 Å². The Morgan fingerprint density at radius 3 is 2.88 bits per heavy atom. The quantitative estimate of drug-likeness (QED) is 0.887. The van der Waals surface area contributed by atoms with E-state index in [0.717, 1.165) is 6.42 Å². The standard InChI is InChI=1S/C10H11ClN2O2S/c1-2-3-10-12-8-6-7(11)4-5-9(8)16(14,15)13-10/h4-6H,2-3H2,1H3,(H,12,13).